The van der Waals surface area contributed by atoms with Crippen molar-refractivity contribution in [3.8, 4) is 5.69 Å². The van der Waals surface area contributed by atoms with Crippen LogP contribution in [0.4, 0.5) is 5.95 Å². The molecule has 3 rings (SSSR count). The van der Waals surface area contributed by atoms with Crippen LogP contribution in [0.5, 0.6) is 0 Å². The normalized spacial score (nSPS) is 11.3. The SMILES string of the molecule is COC(CNc1nc2nc(SC)ncc2c(=O)n1-c1ccccc1C)OC. The lowest BCUT2D eigenvalue weighted by molar-refractivity contribution is -0.0915. The van der Waals surface area contributed by atoms with Gasteiger partial charge in [0.15, 0.2) is 17.1 Å². The fourth-order valence-corrected chi connectivity index (χ4v) is 2.99. The van der Waals surface area contributed by atoms with Crippen molar-refractivity contribution in [3.05, 3.63) is 46.4 Å². The number of aromatic nitrogens is 4. The van der Waals surface area contributed by atoms with Crippen LogP contribution in [-0.4, -0.2) is 52.8 Å². The monoisotopic (exact) mass is 387 g/mol. The van der Waals surface area contributed by atoms with Crippen molar-refractivity contribution in [1.29, 1.82) is 0 Å². The number of rotatable bonds is 7. The van der Waals surface area contributed by atoms with Crippen LogP contribution < -0.4 is 10.9 Å². The highest BCUT2D eigenvalue weighted by molar-refractivity contribution is 7.98. The minimum Gasteiger partial charge on any atom is -0.354 e. The molecule has 27 heavy (non-hydrogen) atoms. The molecule has 0 fully saturated rings. The van der Waals surface area contributed by atoms with Gasteiger partial charge in [-0.15, -0.1) is 0 Å². The van der Waals surface area contributed by atoms with Crippen LogP contribution in [0.1, 0.15) is 5.56 Å². The Balaban J connectivity index is 2.20. The molecule has 2 aromatic heterocycles. The number of fused-ring (bicyclic) bond motifs is 1. The van der Waals surface area contributed by atoms with Crippen LogP contribution >= 0.6 is 11.8 Å². The summed E-state index contributed by atoms with van der Waals surface area (Å²) in [5.41, 5.74) is 1.79. The van der Waals surface area contributed by atoms with Crippen LogP contribution in [-0.2, 0) is 9.47 Å². The first-order valence-corrected chi connectivity index (χ1v) is 9.50. The molecule has 2 heterocycles. The summed E-state index contributed by atoms with van der Waals surface area (Å²) in [7, 11) is 3.10. The zero-order valence-electron chi connectivity index (χ0n) is 15.6. The molecule has 1 N–H and O–H groups in total. The maximum atomic E-state index is 13.2. The van der Waals surface area contributed by atoms with E-state index < -0.39 is 6.29 Å². The van der Waals surface area contributed by atoms with Crippen LogP contribution in [0, 0.1) is 6.92 Å². The van der Waals surface area contributed by atoms with Crippen molar-refractivity contribution in [1.82, 2.24) is 19.5 Å². The van der Waals surface area contributed by atoms with Crippen LogP contribution in [0.25, 0.3) is 16.7 Å². The van der Waals surface area contributed by atoms with Gasteiger partial charge in [0, 0.05) is 20.4 Å². The molecule has 8 nitrogen and oxygen atoms in total. The van der Waals surface area contributed by atoms with E-state index in [0.717, 1.165) is 11.3 Å². The van der Waals surface area contributed by atoms with E-state index in [-0.39, 0.29) is 5.56 Å². The molecule has 0 radical (unpaired) electrons. The van der Waals surface area contributed by atoms with Gasteiger partial charge in [-0.05, 0) is 24.8 Å². The fourth-order valence-electron chi connectivity index (χ4n) is 2.65. The zero-order valence-corrected chi connectivity index (χ0v) is 16.4. The topological polar surface area (TPSA) is 91.2 Å². The Kier molecular flexibility index (Phi) is 6.04. The van der Waals surface area contributed by atoms with Crippen molar-refractivity contribution in [2.75, 3.05) is 32.3 Å². The van der Waals surface area contributed by atoms with E-state index in [4.69, 9.17) is 9.47 Å². The summed E-state index contributed by atoms with van der Waals surface area (Å²) in [6, 6.07) is 7.61. The second-order valence-electron chi connectivity index (χ2n) is 5.74. The first-order chi connectivity index (χ1) is 13.1. The third-order valence-electron chi connectivity index (χ3n) is 4.10. The van der Waals surface area contributed by atoms with Gasteiger partial charge in [-0.3, -0.25) is 4.79 Å². The van der Waals surface area contributed by atoms with Gasteiger partial charge in [0.25, 0.3) is 5.56 Å². The number of nitrogens with zero attached hydrogens (tertiary/aromatic N) is 4. The Labute approximate surface area is 161 Å². The van der Waals surface area contributed by atoms with E-state index in [9.17, 15) is 4.79 Å². The predicted molar refractivity (Wildman–Crippen MR) is 106 cm³/mol. The van der Waals surface area contributed by atoms with E-state index in [2.05, 4.69) is 20.3 Å². The fraction of sp³-hybridized carbons (Fsp3) is 0.333. The molecule has 0 aliphatic rings. The van der Waals surface area contributed by atoms with Crippen molar-refractivity contribution in [2.24, 2.45) is 0 Å². The van der Waals surface area contributed by atoms with E-state index in [1.54, 1.807) is 14.2 Å². The lowest BCUT2D eigenvalue weighted by Gasteiger charge is -2.19. The molecule has 3 aromatic rings. The van der Waals surface area contributed by atoms with Crippen LogP contribution in [0.15, 0.2) is 40.4 Å². The lowest BCUT2D eigenvalue weighted by Crippen LogP contribution is -2.29. The van der Waals surface area contributed by atoms with Gasteiger partial charge in [0.1, 0.15) is 5.39 Å². The van der Waals surface area contributed by atoms with Gasteiger partial charge in [-0.2, -0.15) is 4.98 Å². The second kappa shape index (κ2) is 8.47. The third kappa shape index (κ3) is 3.95. The highest BCUT2D eigenvalue weighted by atomic mass is 32.2. The van der Waals surface area contributed by atoms with Crippen LogP contribution in [0.3, 0.4) is 0 Å². The van der Waals surface area contributed by atoms with Crippen molar-refractivity contribution in [3.63, 3.8) is 0 Å². The molecule has 0 spiro atoms. The minimum absolute atomic E-state index is 0.240. The Morgan fingerprint density at radius 3 is 2.63 bits per heavy atom. The number of aryl methyl sites for hydroxylation is 1. The van der Waals surface area contributed by atoms with Gasteiger partial charge in [-0.1, -0.05) is 30.0 Å². The maximum Gasteiger partial charge on any atom is 0.270 e. The van der Waals surface area contributed by atoms with Gasteiger partial charge in [0.2, 0.25) is 5.95 Å². The molecule has 0 aliphatic carbocycles. The minimum atomic E-state index is -0.477. The van der Waals surface area contributed by atoms with E-state index in [0.29, 0.717) is 28.7 Å². The molecular formula is C18H21N5O3S. The third-order valence-corrected chi connectivity index (χ3v) is 4.66. The number of thioether (sulfide) groups is 1. The number of benzene rings is 1. The molecule has 142 valence electrons. The van der Waals surface area contributed by atoms with E-state index >= 15 is 0 Å². The van der Waals surface area contributed by atoms with Gasteiger partial charge in [0.05, 0.1) is 12.2 Å². The Morgan fingerprint density at radius 2 is 1.96 bits per heavy atom. The summed E-state index contributed by atoms with van der Waals surface area (Å²) in [5, 5.41) is 4.06. The number of para-hydroxylation sites is 1. The summed E-state index contributed by atoms with van der Waals surface area (Å²) < 4.78 is 12.0. The molecule has 1 aromatic carbocycles. The molecule has 0 unspecified atom stereocenters. The van der Waals surface area contributed by atoms with Gasteiger partial charge >= 0.3 is 0 Å². The number of hydrogen-bond acceptors (Lipinski definition) is 8. The molecule has 0 saturated carbocycles. The molecular weight excluding hydrogens is 366 g/mol. The molecule has 0 amide bonds. The largest absolute Gasteiger partial charge is 0.354 e. The summed E-state index contributed by atoms with van der Waals surface area (Å²) >= 11 is 1.39. The van der Waals surface area contributed by atoms with E-state index in [1.165, 1.54) is 22.5 Å². The predicted octanol–water partition coefficient (Wildman–Crippen LogP) is 2.24. The number of ether oxygens (including phenoxy) is 2. The second-order valence-corrected chi connectivity index (χ2v) is 6.51. The average Bonchev–Trinajstić information content (AvgIpc) is 2.69. The average molecular weight is 387 g/mol. The Bertz CT molecular complexity index is 1000. The molecule has 0 atom stereocenters. The number of methoxy groups -OCH3 is 2. The van der Waals surface area contributed by atoms with Gasteiger partial charge in [-0.25, -0.2) is 14.5 Å². The molecule has 0 bridgehead atoms. The molecule has 9 heteroatoms. The van der Waals surface area contributed by atoms with Crippen LogP contribution in [0.2, 0.25) is 0 Å². The summed E-state index contributed by atoms with van der Waals surface area (Å²) in [6.45, 7) is 2.26. The molecule has 0 aliphatic heterocycles. The molecule has 0 saturated heterocycles. The Hall–Kier alpha value is -2.49. The number of nitrogens with one attached hydrogen (secondary N) is 1. The van der Waals surface area contributed by atoms with Crippen molar-refractivity contribution < 1.29 is 9.47 Å². The first-order valence-electron chi connectivity index (χ1n) is 8.28. The number of anilines is 1. The summed E-state index contributed by atoms with van der Waals surface area (Å²) in [4.78, 5) is 26.4. The quantitative estimate of drug-likeness (QED) is 0.375. The Morgan fingerprint density at radius 1 is 1.22 bits per heavy atom. The zero-order chi connectivity index (χ0) is 19.4. The van der Waals surface area contributed by atoms with Gasteiger partial charge < -0.3 is 14.8 Å². The van der Waals surface area contributed by atoms with E-state index in [1.807, 2.05) is 37.4 Å². The summed E-state index contributed by atoms with van der Waals surface area (Å²) in [6.07, 6.45) is 2.92. The smallest absolute Gasteiger partial charge is 0.270 e. The summed E-state index contributed by atoms with van der Waals surface area (Å²) in [5.74, 6) is 0.367. The maximum absolute atomic E-state index is 13.2. The van der Waals surface area contributed by atoms with Crippen molar-refractivity contribution in [2.45, 2.75) is 18.4 Å². The highest BCUT2D eigenvalue weighted by Crippen LogP contribution is 2.19. The lowest BCUT2D eigenvalue weighted by atomic mass is 10.2. The highest BCUT2D eigenvalue weighted by Gasteiger charge is 2.17. The van der Waals surface area contributed by atoms with Crippen molar-refractivity contribution >= 4 is 28.7 Å². The first kappa shape index (κ1) is 19.3. The number of hydrogen-bond donors (Lipinski definition) is 1. The standard InChI is InChI=1S/C18H21N5O3S/c1-11-7-5-6-8-13(11)23-16(24)12-9-20-18(27-4)22-15(12)21-17(23)19-10-14(25-2)26-3/h5-9,14H,10H2,1-4H3,(H,19,20,21,22).